The number of piperidine rings is 1. The first-order valence-corrected chi connectivity index (χ1v) is 9.93. The van der Waals surface area contributed by atoms with Crippen LogP contribution in [0.3, 0.4) is 0 Å². The lowest BCUT2D eigenvalue weighted by Gasteiger charge is -2.30. The van der Waals surface area contributed by atoms with E-state index < -0.39 is 0 Å². The van der Waals surface area contributed by atoms with Crippen molar-refractivity contribution < 1.29 is 4.79 Å². The molecule has 3 heterocycles. The predicted octanol–water partition coefficient (Wildman–Crippen LogP) is 3.69. The normalized spacial score (nSPS) is 20.0. The van der Waals surface area contributed by atoms with Gasteiger partial charge < -0.3 is 15.1 Å². The van der Waals surface area contributed by atoms with Crippen LogP contribution in [0.4, 0.5) is 17.3 Å². The molecule has 6 nitrogen and oxygen atoms in total. The van der Waals surface area contributed by atoms with Crippen LogP contribution in [0.15, 0.2) is 36.5 Å². The second-order valence-electron chi connectivity index (χ2n) is 7.63. The lowest BCUT2D eigenvalue weighted by atomic mass is 10.00. The van der Waals surface area contributed by atoms with E-state index in [0.29, 0.717) is 17.6 Å². The Kier molecular flexibility index (Phi) is 5.23. The van der Waals surface area contributed by atoms with Gasteiger partial charge in [-0.15, -0.1) is 0 Å². The van der Waals surface area contributed by atoms with Crippen LogP contribution in [0.2, 0.25) is 0 Å². The number of nitrogens with zero attached hydrogens (tertiary/aromatic N) is 4. The van der Waals surface area contributed by atoms with Crippen molar-refractivity contribution in [1.82, 2.24) is 14.9 Å². The van der Waals surface area contributed by atoms with Gasteiger partial charge >= 0.3 is 0 Å². The highest BCUT2D eigenvalue weighted by molar-refractivity contribution is 5.92. The Morgan fingerprint density at radius 2 is 1.85 bits per heavy atom. The molecule has 0 aliphatic carbocycles. The number of carbonyl (C=O) groups excluding carboxylic acids is 1. The topological polar surface area (TPSA) is 61.4 Å². The monoisotopic (exact) mass is 365 g/mol. The standard InChI is InChI=1S/C21H27N5O/c1-16-5-4-14-26(15-16)20(27)19-10-11-22-21(24-19)23-17-6-8-18(9-7-17)25-12-2-3-13-25/h6-11,16H,2-5,12-15H2,1H3,(H,22,23,24). The molecule has 0 bridgehead atoms. The summed E-state index contributed by atoms with van der Waals surface area (Å²) in [5, 5.41) is 3.22. The summed E-state index contributed by atoms with van der Waals surface area (Å²) in [6.07, 6.45) is 6.43. The molecule has 2 saturated heterocycles. The molecule has 0 spiro atoms. The smallest absolute Gasteiger partial charge is 0.272 e. The quantitative estimate of drug-likeness (QED) is 0.895. The zero-order valence-electron chi connectivity index (χ0n) is 15.9. The van der Waals surface area contributed by atoms with Gasteiger partial charge in [0.05, 0.1) is 0 Å². The fourth-order valence-electron chi connectivity index (χ4n) is 3.93. The van der Waals surface area contributed by atoms with E-state index in [2.05, 4.69) is 39.2 Å². The van der Waals surface area contributed by atoms with Gasteiger partial charge in [-0.25, -0.2) is 9.97 Å². The van der Waals surface area contributed by atoms with E-state index in [1.807, 2.05) is 17.0 Å². The van der Waals surface area contributed by atoms with Gasteiger partial charge in [0, 0.05) is 43.8 Å². The lowest BCUT2D eigenvalue weighted by Crippen LogP contribution is -2.39. The van der Waals surface area contributed by atoms with E-state index in [-0.39, 0.29) is 5.91 Å². The first kappa shape index (κ1) is 17.8. The zero-order chi connectivity index (χ0) is 18.6. The summed E-state index contributed by atoms with van der Waals surface area (Å²) in [4.78, 5) is 25.8. The number of benzene rings is 1. The lowest BCUT2D eigenvalue weighted by molar-refractivity contribution is 0.0677. The Balaban J connectivity index is 1.43. The Labute approximate surface area is 160 Å². The molecule has 1 aromatic heterocycles. The molecule has 4 rings (SSSR count). The van der Waals surface area contributed by atoms with Gasteiger partial charge in [-0.05, 0) is 61.9 Å². The molecule has 6 heteroatoms. The molecule has 1 aromatic carbocycles. The van der Waals surface area contributed by atoms with Crippen molar-refractivity contribution in [3.05, 3.63) is 42.2 Å². The molecule has 27 heavy (non-hydrogen) atoms. The van der Waals surface area contributed by atoms with Gasteiger partial charge in [0.1, 0.15) is 5.69 Å². The predicted molar refractivity (Wildman–Crippen MR) is 108 cm³/mol. The number of anilines is 3. The fourth-order valence-corrected chi connectivity index (χ4v) is 3.93. The summed E-state index contributed by atoms with van der Waals surface area (Å²) >= 11 is 0. The number of hydrogen-bond donors (Lipinski definition) is 1. The van der Waals surface area contributed by atoms with Crippen LogP contribution in [0.5, 0.6) is 0 Å². The Bertz CT molecular complexity index is 785. The Morgan fingerprint density at radius 3 is 2.59 bits per heavy atom. The zero-order valence-corrected chi connectivity index (χ0v) is 15.9. The number of rotatable bonds is 4. The summed E-state index contributed by atoms with van der Waals surface area (Å²) in [6, 6.07) is 10.0. The molecule has 1 unspecified atom stereocenters. The molecule has 1 atom stereocenters. The molecule has 2 aliphatic rings. The summed E-state index contributed by atoms with van der Waals surface area (Å²) in [6.45, 7) is 6.08. The van der Waals surface area contributed by atoms with Gasteiger partial charge in [0.15, 0.2) is 0 Å². The van der Waals surface area contributed by atoms with Crippen LogP contribution in [0.25, 0.3) is 0 Å². The van der Waals surface area contributed by atoms with Gasteiger partial charge in [-0.3, -0.25) is 4.79 Å². The number of carbonyl (C=O) groups is 1. The van der Waals surface area contributed by atoms with Crippen molar-refractivity contribution in [3.8, 4) is 0 Å². The van der Waals surface area contributed by atoms with Crippen molar-refractivity contribution in [3.63, 3.8) is 0 Å². The van der Waals surface area contributed by atoms with E-state index in [9.17, 15) is 4.79 Å². The summed E-state index contributed by atoms with van der Waals surface area (Å²) in [5.41, 5.74) is 2.63. The highest BCUT2D eigenvalue weighted by Gasteiger charge is 2.23. The van der Waals surface area contributed by atoms with Crippen LogP contribution in [-0.4, -0.2) is 47.0 Å². The molecule has 1 amide bonds. The third-order valence-electron chi connectivity index (χ3n) is 5.41. The maximum Gasteiger partial charge on any atom is 0.272 e. The summed E-state index contributed by atoms with van der Waals surface area (Å²) in [5.74, 6) is 1.01. The number of nitrogens with one attached hydrogen (secondary N) is 1. The molecule has 2 aliphatic heterocycles. The summed E-state index contributed by atoms with van der Waals surface area (Å²) in [7, 11) is 0. The minimum absolute atomic E-state index is 0.00335. The van der Waals surface area contributed by atoms with Crippen LogP contribution in [-0.2, 0) is 0 Å². The number of likely N-dealkylation sites (tertiary alicyclic amines) is 1. The van der Waals surface area contributed by atoms with Crippen molar-refractivity contribution in [1.29, 1.82) is 0 Å². The molecule has 0 radical (unpaired) electrons. The third kappa shape index (κ3) is 4.21. The van der Waals surface area contributed by atoms with E-state index in [1.54, 1.807) is 12.3 Å². The van der Waals surface area contributed by atoms with Crippen LogP contribution in [0, 0.1) is 5.92 Å². The van der Waals surface area contributed by atoms with Crippen molar-refractivity contribution >= 4 is 23.2 Å². The maximum absolute atomic E-state index is 12.7. The van der Waals surface area contributed by atoms with E-state index in [0.717, 1.165) is 38.3 Å². The van der Waals surface area contributed by atoms with Crippen LogP contribution in [0.1, 0.15) is 43.1 Å². The first-order chi connectivity index (χ1) is 13.2. The highest BCUT2D eigenvalue weighted by Crippen LogP contribution is 2.23. The average Bonchev–Trinajstić information content (AvgIpc) is 3.23. The highest BCUT2D eigenvalue weighted by atomic mass is 16.2. The van der Waals surface area contributed by atoms with Crippen LogP contribution >= 0.6 is 0 Å². The van der Waals surface area contributed by atoms with Gasteiger partial charge in [0.2, 0.25) is 5.95 Å². The van der Waals surface area contributed by atoms with Crippen molar-refractivity contribution in [2.75, 3.05) is 36.4 Å². The molecule has 0 saturated carbocycles. The largest absolute Gasteiger partial charge is 0.372 e. The Hall–Kier alpha value is -2.63. The minimum Gasteiger partial charge on any atom is -0.372 e. The van der Waals surface area contributed by atoms with E-state index in [1.165, 1.54) is 24.9 Å². The molecule has 142 valence electrons. The SMILES string of the molecule is CC1CCCN(C(=O)c2ccnc(Nc3ccc(N4CCCC4)cc3)n2)C1. The summed E-state index contributed by atoms with van der Waals surface area (Å²) < 4.78 is 0. The average molecular weight is 365 g/mol. The van der Waals surface area contributed by atoms with E-state index >= 15 is 0 Å². The van der Waals surface area contributed by atoms with Gasteiger partial charge in [0.25, 0.3) is 5.91 Å². The minimum atomic E-state index is -0.00335. The fraction of sp³-hybridized carbons (Fsp3) is 0.476. The van der Waals surface area contributed by atoms with E-state index in [4.69, 9.17) is 0 Å². The van der Waals surface area contributed by atoms with Gasteiger partial charge in [-0.1, -0.05) is 6.92 Å². The number of aromatic nitrogens is 2. The third-order valence-corrected chi connectivity index (χ3v) is 5.41. The second kappa shape index (κ2) is 7.94. The number of hydrogen-bond acceptors (Lipinski definition) is 5. The Morgan fingerprint density at radius 1 is 1.07 bits per heavy atom. The first-order valence-electron chi connectivity index (χ1n) is 9.93. The maximum atomic E-state index is 12.7. The molecule has 2 aromatic rings. The van der Waals surface area contributed by atoms with Crippen molar-refractivity contribution in [2.24, 2.45) is 5.92 Å². The van der Waals surface area contributed by atoms with Gasteiger partial charge in [-0.2, -0.15) is 0 Å². The number of amides is 1. The van der Waals surface area contributed by atoms with Crippen LogP contribution < -0.4 is 10.2 Å². The van der Waals surface area contributed by atoms with Crippen molar-refractivity contribution in [2.45, 2.75) is 32.6 Å². The molecular formula is C21H27N5O. The molecule has 1 N–H and O–H groups in total. The second-order valence-corrected chi connectivity index (χ2v) is 7.63. The molecule has 2 fully saturated rings. The molecular weight excluding hydrogens is 338 g/mol.